The van der Waals surface area contributed by atoms with Gasteiger partial charge in [-0.3, -0.25) is 9.79 Å². The minimum Gasteiger partial charge on any atom is -0.458 e. The Hall–Kier alpha value is -2.48. The minimum atomic E-state index is -0.728. The number of ether oxygens (including phenoxy) is 1. The predicted octanol–water partition coefficient (Wildman–Crippen LogP) is 3.84. The Bertz CT molecular complexity index is 979. The van der Waals surface area contributed by atoms with E-state index >= 15 is 0 Å². The second-order valence-electron chi connectivity index (χ2n) is 9.04. The molecule has 1 N–H and O–H groups in total. The predicted molar refractivity (Wildman–Crippen MR) is 122 cm³/mol. The highest BCUT2D eigenvalue weighted by Crippen LogP contribution is 2.22. The van der Waals surface area contributed by atoms with Gasteiger partial charge in [-0.2, -0.15) is 5.10 Å². The molecule has 0 saturated heterocycles. The van der Waals surface area contributed by atoms with Crippen LogP contribution >= 0.6 is 11.3 Å². The van der Waals surface area contributed by atoms with Crippen LogP contribution in [0.4, 0.5) is 0 Å². The van der Waals surface area contributed by atoms with E-state index in [0.717, 1.165) is 28.2 Å². The molecule has 3 rings (SSSR count). The van der Waals surface area contributed by atoms with Crippen LogP contribution in [-0.4, -0.2) is 39.3 Å². The largest absolute Gasteiger partial charge is 0.458 e. The van der Waals surface area contributed by atoms with Crippen molar-refractivity contribution in [1.29, 1.82) is 0 Å². The lowest BCUT2D eigenvalue weighted by atomic mass is 9.96. The maximum atomic E-state index is 12.5. The van der Waals surface area contributed by atoms with E-state index in [2.05, 4.69) is 10.4 Å². The van der Waals surface area contributed by atoms with Gasteiger partial charge in [0.15, 0.2) is 0 Å². The molecule has 168 valence electrons. The van der Waals surface area contributed by atoms with Crippen LogP contribution in [0.1, 0.15) is 70.2 Å². The zero-order valence-electron chi connectivity index (χ0n) is 19.0. The zero-order valence-corrected chi connectivity index (χ0v) is 19.8. The average Bonchev–Trinajstić information content (AvgIpc) is 3.08. The van der Waals surface area contributed by atoms with Gasteiger partial charge < -0.3 is 10.1 Å². The molecule has 1 heterocycles. The SMILES string of the molecule is C[C@H](NC(=O)c1ccc(-c2nn(C)/c(=N\C3CCCCC3)s2)cc1)C(=O)OC(C)(C)C. The molecule has 0 bridgehead atoms. The minimum absolute atomic E-state index is 0.317. The molecule has 0 spiro atoms. The first-order chi connectivity index (χ1) is 14.6. The molecular formula is C23H32N4O3S. The van der Waals surface area contributed by atoms with Gasteiger partial charge in [0, 0.05) is 18.2 Å². The third-order valence-corrected chi connectivity index (χ3v) is 6.14. The van der Waals surface area contributed by atoms with E-state index in [0.29, 0.717) is 11.6 Å². The standard InChI is InChI=1S/C23H32N4O3S/c1-15(21(29)30-23(2,3)4)24-19(28)16-11-13-17(14-12-16)20-26-27(5)22(31-20)25-18-9-7-6-8-10-18/h11-15,18H,6-10H2,1-5H3,(H,24,28)/b25-22+/t15-/m0/s1. The molecule has 0 radical (unpaired) electrons. The van der Waals surface area contributed by atoms with Crippen LogP contribution in [0.15, 0.2) is 29.3 Å². The number of aromatic nitrogens is 2. The molecule has 1 amide bonds. The lowest BCUT2D eigenvalue weighted by molar-refractivity contribution is -0.156. The number of nitrogens with zero attached hydrogens (tertiary/aromatic N) is 3. The molecule has 8 heteroatoms. The van der Waals surface area contributed by atoms with Gasteiger partial charge in [-0.05, 0) is 52.7 Å². The Morgan fingerprint density at radius 3 is 2.45 bits per heavy atom. The maximum absolute atomic E-state index is 12.5. The van der Waals surface area contributed by atoms with Crippen molar-refractivity contribution in [2.45, 2.75) is 77.5 Å². The number of aryl methyl sites for hydroxylation is 1. The molecule has 1 aliphatic rings. The Balaban J connectivity index is 1.67. The number of carbonyl (C=O) groups excluding carboxylic acids is 2. The summed E-state index contributed by atoms with van der Waals surface area (Å²) in [7, 11) is 1.92. The van der Waals surface area contributed by atoms with Gasteiger partial charge in [0.1, 0.15) is 16.7 Å². The normalized spacial score (nSPS) is 16.7. The molecule has 1 aliphatic carbocycles. The highest BCUT2D eigenvalue weighted by Gasteiger charge is 2.23. The molecule has 0 unspecified atom stereocenters. The number of rotatable bonds is 5. The maximum Gasteiger partial charge on any atom is 0.328 e. The summed E-state index contributed by atoms with van der Waals surface area (Å²) in [6.45, 7) is 7.01. The van der Waals surface area contributed by atoms with Gasteiger partial charge in [0.05, 0.1) is 6.04 Å². The summed E-state index contributed by atoms with van der Waals surface area (Å²) in [5.41, 5.74) is 0.818. The first-order valence-electron chi connectivity index (χ1n) is 10.8. The molecule has 1 atom stereocenters. The molecule has 1 saturated carbocycles. The van der Waals surface area contributed by atoms with Crippen LogP contribution in [0.3, 0.4) is 0 Å². The third-order valence-electron chi connectivity index (χ3n) is 5.08. The number of hydrogen-bond donors (Lipinski definition) is 1. The number of esters is 1. The Kier molecular flexibility index (Phi) is 7.30. The van der Waals surface area contributed by atoms with Crippen molar-refractivity contribution in [1.82, 2.24) is 15.1 Å². The third kappa shape index (κ3) is 6.50. The van der Waals surface area contributed by atoms with Gasteiger partial charge in [0.2, 0.25) is 4.80 Å². The fourth-order valence-electron chi connectivity index (χ4n) is 3.44. The van der Waals surface area contributed by atoms with Gasteiger partial charge in [-0.1, -0.05) is 42.7 Å². The van der Waals surface area contributed by atoms with Gasteiger partial charge >= 0.3 is 5.97 Å². The first kappa shape index (κ1) is 23.2. The topological polar surface area (TPSA) is 85.6 Å². The van der Waals surface area contributed by atoms with Crippen LogP contribution in [0.2, 0.25) is 0 Å². The van der Waals surface area contributed by atoms with Gasteiger partial charge in [0.25, 0.3) is 5.91 Å². The summed E-state index contributed by atoms with van der Waals surface area (Å²) in [5, 5.41) is 8.16. The van der Waals surface area contributed by atoms with E-state index in [4.69, 9.17) is 9.73 Å². The second-order valence-corrected chi connectivity index (χ2v) is 10.00. The van der Waals surface area contributed by atoms with Crippen LogP contribution in [-0.2, 0) is 16.6 Å². The molecule has 1 aromatic heterocycles. The molecule has 1 aromatic carbocycles. The van der Waals surface area contributed by atoms with E-state index in [9.17, 15) is 9.59 Å². The second kappa shape index (κ2) is 9.77. The van der Waals surface area contributed by atoms with E-state index in [-0.39, 0.29) is 5.91 Å². The van der Waals surface area contributed by atoms with E-state index in [1.165, 1.54) is 19.3 Å². The molecular weight excluding hydrogens is 412 g/mol. The van der Waals surface area contributed by atoms with Crippen LogP contribution in [0, 0.1) is 0 Å². The van der Waals surface area contributed by atoms with Crippen LogP contribution in [0.5, 0.6) is 0 Å². The molecule has 2 aromatic rings. The molecule has 1 fully saturated rings. The number of hydrogen-bond acceptors (Lipinski definition) is 6. The highest BCUT2D eigenvalue weighted by atomic mass is 32.1. The lowest BCUT2D eigenvalue weighted by Crippen LogP contribution is -2.42. The van der Waals surface area contributed by atoms with Crippen molar-refractivity contribution in [3.8, 4) is 10.6 Å². The fourth-order valence-corrected chi connectivity index (χ4v) is 4.40. The number of amides is 1. The van der Waals surface area contributed by atoms with Crippen molar-refractivity contribution in [3.63, 3.8) is 0 Å². The average molecular weight is 445 g/mol. The Labute approximate surface area is 187 Å². The summed E-state index contributed by atoms with van der Waals surface area (Å²) < 4.78 is 7.14. The highest BCUT2D eigenvalue weighted by molar-refractivity contribution is 7.12. The number of carbonyl (C=O) groups is 2. The number of benzene rings is 1. The van der Waals surface area contributed by atoms with Crippen molar-refractivity contribution >= 4 is 23.2 Å². The zero-order chi connectivity index (χ0) is 22.6. The lowest BCUT2D eigenvalue weighted by Gasteiger charge is -2.22. The Morgan fingerprint density at radius 1 is 1.19 bits per heavy atom. The van der Waals surface area contributed by atoms with Crippen molar-refractivity contribution in [3.05, 3.63) is 34.6 Å². The van der Waals surface area contributed by atoms with Crippen molar-refractivity contribution < 1.29 is 14.3 Å². The summed E-state index contributed by atoms with van der Waals surface area (Å²) in [5.74, 6) is -0.774. The van der Waals surface area contributed by atoms with E-state index in [1.807, 2.05) is 23.9 Å². The van der Waals surface area contributed by atoms with Crippen LogP contribution in [0.25, 0.3) is 10.6 Å². The molecule has 0 aliphatic heterocycles. The number of nitrogens with one attached hydrogen (secondary N) is 1. The monoisotopic (exact) mass is 444 g/mol. The molecule has 7 nitrogen and oxygen atoms in total. The molecule has 31 heavy (non-hydrogen) atoms. The van der Waals surface area contributed by atoms with Gasteiger partial charge in [-0.15, -0.1) is 0 Å². The van der Waals surface area contributed by atoms with E-state index in [1.54, 1.807) is 51.2 Å². The first-order valence-corrected chi connectivity index (χ1v) is 11.7. The summed E-state index contributed by atoms with van der Waals surface area (Å²) in [6, 6.07) is 6.89. The fraction of sp³-hybridized carbons (Fsp3) is 0.565. The quantitative estimate of drug-likeness (QED) is 0.710. The Morgan fingerprint density at radius 2 is 1.84 bits per heavy atom. The van der Waals surface area contributed by atoms with Crippen molar-refractivity contribution in [2.75, 3.05) is 0 Å². The summed E-state index contributed by atoms with van der Waals surface area (Å²) in [4.78, 5) is 30.4. The van der Waals surface area contributed by atoms with Gasteiger partial charge in [-0.25, -0.2) is 9.48 Å². The smallest absolute Gasteiger partial charge is 0.328 e. The van der Waals surface area contributed by atoms with Crippen molar-refractivity contribution in [2.24, 2.45) is 12.0 Å². The van der Waals surface area contributed by atoms with E-state index < -0.39 is 17.6 Å². The van der Waals surface area contributed by atoms with Crippen LogP contribution < -0.4 is 10.1 Å². The summed E-state index contributed by atoms with van der Waals surface area (Å²) in [6.07, 6.45) is 6.11. The summed E-state index contributed by atoms with van der Waals surface area (Å²) >= 11 is 1.56.